The Hall–Kier alpha value is -3.49. The predicted molar refractivity (Wildman–Crippen MR) is 110 cm³/mol. The van der Waals surface area contributed by atoms with Gasteiger partial charge in [0.05, 0.1) is 13.2 Å². The highest BCUT2D eigenvalue weighted by molar-refractivity contribution is 5.97. The van der Waals surface area contributed by atoms with E-state index >= 15 is 0 Å². The number of nitrogens with zero attached hydrogens (tertiary/aromatic N) is 2. The van der Waals surface area contributed by atoms with Crippen LogP contribution in [0.4, 0.5) is 13.2 Å². The second kappa shape index (κ2) is 7.29. The van der Waals surface area contributed by atoms with Gasteiger partial charge >= 0.3 is 6.18 Å². The van der Waals surface area contributed by atoms with E-state index in [4.69, 9.17) is 4.74 Å². The molecule has 1 saturated heterocycles. The second-order valence-corrected chi connectivity index (χ2v) is 8.07. The van der Waals surface area contributed by atoms with Crippen molar-refractivity contribution in [3.63, 3.8) is 0 Å². The van der Waals surface area contributed by atoms with Gasteiger partial charge in [-0.1, -0.05) is 30.3 Å². The highest BCUT2D eigenvalue weighted by Crippen LogP contribution is 2.43. The van der Waals surface area contributed by atoms with Gasteiger partial charge in [-0.15, -0.1) is 0 Å². The van der Waals surface area contributed by atoms with Gasteiger partial charge in [0.2, 0.25) is 11.8 Å². The minimum atomic E-state index is -4.58. The summed E-state index contributed by atoms with van der Waals surface area (Å²) in [4.78, 5) is 31.7. The molecule has 2 atom stereocenters. The molecule has 6 nitrogen and oxygen atoms in total. The molecule has 166 valence electrons. The van der Waals surface area contributed by atoms with Crippen molar-refractivity contribution < 1.29 is 27.5 Å². The number of halogens is 3. The summed E-state index contributed by atoms with van der Waals surface area (Å²) in [5, 5.41) is 0.897. The smallest absolute Gasteiger partial charge is 0.406 e. The van der Waals surface area contributed by atoms with E-state index in [0.29, 0.717) is 10.6 Å². The zero-order chi connectivity index (χ0) is 22.6. The topological polar surface area (TPSA) is 65.6 Å². The second-order valence-electron chi connectivity index (χ2n) is 8.07. The van der Waals surface area contributed by atoms with Gasteiger partial charge in [-0.3, -0.25) is 9.59 Å². The number of H-pyrrole nitrogens is 1. The van der Waals surface area contributed by atoms with E-state index in [2.05, 4.69) is 4.98 Å². The monoisotopic (exact) mass is 443 g/mol. The molecular weight excluding hydrogens is 423 g/mol. The van der Waals surface area contributed by atoms with Gasteiger partial charge in [0.1, 0.15) is 24.9 Å². The van der Waals surface area contributed by atoms with Crippen LogP contribution in [-0.4, -0.2) is 59.0 Å². The van der Waals surface area contributed by atoms with E-state index in [0.717, 1.165) is 27.7 Å². The van der Waals surface area contributed by atoms with Crippen molar-refractivity contribution in [3.05, 3.63) is 65.4 Å². The molecule has 2 aliphatic rings. The van der Waals surface area contributed by atoms with Gasteiger partial charge in [-0.05, 0) is 29.3 Å². The fourth-order valence-corrected chi connectivity index (χ4v) is 4.81. The maximum absolute atomic E-state index is 13.1. The molecule has 32 heavy (non-hydrogen) atoms. The largest absolute Gasteiger partial charge is 0.497 e. The molecule has 0 unspecified atom stereocenters. The number of fused-ring (bicyclic) bond motifs is 4. The van der Waals surface area contributed by atoms with Crippen LogP contribution < -0.4 is 4.74 Å². The summed E-state index contributed by atoms with van der Waals surface area (Å²) < 4.78 is 44.3. The molecule has 0 saturated carbocycles. The molecule has 1 aromatic heterocycles. The summed E-state index contributed by atoms with van der Waals surface area (Å²) in [6.45, 7) is -2.03. The van der Waals surface area contributed by atoms with Gasteiger partial charge in [-0.25, -0.2) is 0 Å². The molecule has 1 fully saturated rings. The number of aromatic nitrogens is 1. The number of piperazine rings is 1. The summed E-state index contributed by atoms with van der Waals surface area (Å²) in [6.07, 6.45) is -4.42. The van der Waals surface area contributed by atoms with Crippen molar-refractivity contribution in [1.82, 2.24) is 14.8 Å². The van der Waals surface area contributed by atoms with Crippen LogP contribution in [0.2, 0.25) is 0 Å². The van der Waals surface area contributed by atoms with Crippen LogP contribution in [0.25, 0.3) is 10.9 Å². The van der Waals surface area contributed by atoms with Crippen molar-refractivity contribution >= 4 is 22.7 Å². The fourth-order valence-electron chi connectivity index (χ4n) is 4.81. The van der Waals surface area contributed by atoms with Crippen LogP contribution >= 0.6 is 0 Å². The molecule has 0 bridgehead atoms. The van der Waals surface area contributed by atoms with E-state index in [-0.39, 0.29) is 6.42 Å². The van der Waals surface area contributed by atoms with Crippen LogP contribution in [0.15, 0.2) is 48.5 Å². The third-order valence-corrected chi connectivity index (χ3v) is 6.14. The number of aromatic amines is 1. The molecule has 3 aromatic rings. The summed E-state index contributed by atoms with van der Waals surface area (Å²) in [5.41, 5.74) is 3.22. The van der Waals surface area contributed by atoms with Crippen LogP contribution in [-0.2, 0) is 16.0 Å². The fraction of sp³-hybridized carbons (Fsp3) is 0.304. The maximum Gasteiger partial charge on any atom is 0.406 e. The molecule has 2 aromatic carbocycles. The molecular formula is C23H20F3N3O3. The zero-order valence-electron chi connectivity index (χ0n) is 17.1. The standard InChI is InChI=1S/C23H20F3N3O3/c1-32-14-8-6-13(7-9-14)21-20-16(15-4-2-3-5-17(15)27-20)10-18-22(31)28(12-23(24,25)26)11-19(30)29(18)21/h2-9,18,21,27H,10-12H2,1H3/t18-,21+/m1/s1. The lowest BCUT2D eigenvalue weighted by Crippen LogP contribution is -2.64. The van der Waals surface area contributed by atoms with Crippen LogP contribution in [0, 0.1) is 0 Å². The normalized spacial score (nSPS) is 21.0. The number of nitrogens with one attached hydrogen (secondary N) is 1. The number of rotatable bonds is 3. The molecule has 2 amide bonds. The van der Waals surface area contributed by atoms with Crippen LogP contribution in [0.3, 0.4) is 0 Å². The number of ether oxygens (including phenoxy) is 1. The first kappa shape index (κ1) is 20.4. The number of carbonyl (C=O) groups excluding carboxylic acids is 2. The minimum Gasteiger partial charge on any atom is -0.497 e. The number of amides is 2. The van der Waals surface area contributed by atoms with E-state index < -0.39 is 43.2 Å². The number of hydrogen-bond acceptors (Lipinski definition) is 3. The number of para-hydroxylation sites is 1. The Labute approximate surface area is 181 Å². The van der Waals surface area contributed by atoms with Crippen molar-refractivity contribution in [3.8, 4) is 5.75 Å². The summed E-state index contributed by atoms with van der Waals surface area (Å²) in [7, 11) is 1.55. The van der Waals surface area contributed by atoms with E-state index in [1.165, 1.54) is 4.90 Å². The molecule has 3 heterocycles. The molecule has 5 rings (SSSR count). The Morgan fingerprint density at radius 1 is 1.09 bits per heavy atom. The van der Waals surface area contributed by atoms with Gasteiger partial charge in [0, 0.05) is 23.0 Å². The molecule has 0 spiro atoms. The lowest BCUT2D eigenvalue weighted by Gasteiger charge is -2.47. The van der Waals surface area contributed by atoms with E-state index in [1.54, 1.807) is 31.4 Å². The number of hydrogen-bond donors (Lipinski definition) is 1. The van der Waals surface area contributed by atoms with Crippen molar-refractivity contribution in [2.24, 2.45) is 0 Å². The molecule has 2 aliphatic heterocycles. The Bertz CT molecular complexity index is 1200. The van der Waals surface area contributed by atoms with Crippen molar-refractivity contribution in [2.45, 2.75) is 24.7 Å². The molecule has 9 heteroatoms. The Kier molecular flexibility index (Phi) is 4.65. The van der Waals surface area contributed by atoms with Gasteiger partial charge in [0.15, 0.2) is 0 Å². The van der Waals surface area contributed by atoms with E-state index in [9.17, 15) is 22.8 Å². The summed E-state index contributed by atoms with van der Waals surface area (Å²) >= 11 is 0. The lowest BCUT2D eigenvalue weighted by atomic mass is 9.86. The van der Waals surface area contributed by atoms with Gasteiger partial charge < -0.3 is 19.5 Å². The first-order valence-corrected chi connectivity index (χ1v) is 10.2. The average molecular weight is 443 g/mol. The van der Waals surface area contributed by atoms with Gasteiger partial charge in [0.25, 0.3) is 0 Å². The summed E-state index contributed by atoms with van der Waals surface area (Å²) in [5.74, 6) is -0.560. The first-order chi connectivity index (χ1) is 15.3. The Morgan fingerprint density at radius 2 is 1.81 bits per heavy atom. The molecule has 1 N–H and O–H groups in total. The number of benzene rings is 2. The third-order valence-electron chi connectivity index (χ3n) is 6.14. The maximum atomic E-state index is 13.1. The molecule has 0 radical (unpaired) electrons. The number of alkyl halides is 3. The predicted octanol–water partition coefficient (Wildman–Crippen LogP) is 3.42. The highest BCUT2D eigenvalue weighted by Gasteiger charge is 2.50. The number of carbonyl (C=O) groups is 2. The quantitative estimate of drug-likeness (QED) is 0.675. The Balaban J connectivity index is 1.65. The Morgan fingerprint density at radius 3 is 2.50 bits per heavy atom. The van der Waals surface area contributed by atoms with Crippen molar-refractivity contribution in [2.75, 3.05) is 20.2 Å². The zero-order valence-corrected chi connectivity index (χ0v) is 17.1. The number of methoxy groups -OCH3 is 1. The van der Waals surface area contributed by atoms with Crippen LogP contribution in [0.5, 0.6) is 5.75 Å². The first-order valence-electron chi connectivity index (χ1n) is 10.2. The third kappa shape index (κ3) is 3.28. The van der Waals surface area contributed by atoms with Gasteiger partial charge in [-0.2, -0.15) is 13.2 Å². The lowest BCUT2D eigenvalue weighted by molar-refractivity contribution is -0.176. The summed E-state index contributed by atoms with van der Waals surface area (Å²) in [6, 6.07) is 13.1. The van der Waals surface area contributed by atoms with E-state index in [1.807, 2.05) is 24.3 Å². The average Bonchev–Trinajstić information content (AvgIpc) is 3.13. The SMILES string of the molecule is COc1ccc([C@H]2c3[nH]c4ccccc4c3C[C@@H]3C(=O)N(CC(F)(F)F)CC(=O)N23)cc1. The highest BCUT2D eigenvalue weighted by atomic mass is 19.4. The van der Waals surface area contributed by atoms with Crippen molar-refractivity contribution in [1.29, 1.82) is 0 Å². The van der Waals surface area contributed by atoms with Crippen LogP contribution in [0.1, 0.15) is 22.9 Å². The molecule has 0 aliphatic carbocycles. The minimum absolute atomic E-state index is 0.158.